The van der Waals surface area contributed by atoms with E-state index in [0.29, 0.717) is 0 Å². The van der Waals surface area contributed by atoms with Gasteiger partial charge in [-0.15, -0.1) is 11.3 Å². The Kier molecular flexibility index (Phi) is 8.60. The number of nitrogens with one attached hydrogen (secondary N) is 1. The molecule has 0 bridgehead atoms. The predicted molar refractivity (Wildman–Crippen MR) is 150 cm³/mol. The van der Waals surface area contributed by atoms with Crippen LogP contribution < -0.4 is 5.32 Å². The van der Waals surface area contributed by atoms with Crippen molar-refractivity contribution in [3.8, 4) is 10.4 Å². The van der Waals surface area contributed by atoms with E-state index in [-0.39, 0.29) is 0 Å². The molecule has 34 heavy (non-hydrogen) atoms. The Hall–Kier alpha value is -2.84. The Morgan fingerprint density at radius 2 is 1.47 bits per heavy atom. The van der Waals surface area contributed by atoms with Crippen LogP contribution in [0.5, 0.6) is 0 Å². The number of hydrogen-bond donors (Lipinski definition) is 1. The van der Waals surface area contributed by atoms with Gasteiger partial charge in [-0.1, -0.05) is 105 Å². The van der Waals surface area contributed by atoms with Crippen LogP contribution in [0.2, 0.25) is 0 Å². The molecule has 0 aliphatic carbocycles. The van der Waals surface area contributed by atoms with Gasteiger partial charge in [-0.05, 0) is 72.1 Å². The van der Waals surface area contributed by atoms with Crippen LogP contribution in [0.25, 0.3) is 10.4 Å². The molecule has 1 aromatic heterocycles. The number of anilines is 1. The van der Waals surface area contributed by atoms with E-state index in [4.69, 9.17) is 0 Å². The summed E-state index contributed by atoms with van der Waals surface area (Å²) in [4.78, 5) is 1.31. The molecule has 0 saturated carbocycles. The predicted octanol–water partition coefficient (Wildman–Crippen LogP) is 9.30. The fourth-order valence-electron chi connectivity index (χ4n) is 4.38. The topological polar surface area (TPSA) is 12.0 Å². The SMILES string of the molecule is Cc1cccc(Cc2cccc(-c3ccc(NCc4ccc(CCCCC(C)C)cc4)s3)c2)c1. The fourth-order valence-corrected chi connectivity index (χ4v) is 5.27. The van der Waals surface area contributed by atoms with E-state index < -0.39 is 0 Å². The lowest BCUT2D eigenvalue weighted by molar-refractivity contribution is 0.538. The summed E-state index contributed by atoms with van der Waals surface area (Å²) >= 11 is 1.83. The summed E-state index contributed by atoms with van der Waals surface area (Å²) in [6.45, 7) is 7.63. The highest BCUT2D eigenvalue weighted by Gasteiger charge is 2.05. The van der Waals surface area contributed by atoms with E-state index >= 15 is 0 Å². The van der Waals surface area contributed by atoms with E-state index in [9.17, 15) is 0 Å². The zero-order valence-corrected chi connectivity index (χ0v) is 21.6. The normalized spacial score (nSPS) is 11.2. The van der Waals surface area contributed by atoms with Crippen LogP contribution in [-0.4, -0.2) is 0 Å². The zero-order valence-electron chi connectivity index (χ0n) is 20.8. The van der Waals surface area contributed by atoms with Crippen molar-refractivity contribution in [3.05, 3.63) is 113 Å². The summed E-state index contributed by atoms with van der Waals surface area (Å²) in [6.07, 6.45) is 6.12. The third kappa shape index (κ3) is 7.33. The van der Waals surface area contributed by atoms with Crippen molar-refractivity contribution in [2.24, 2.45) is 5.92 Å². The third-order valence-electron chi connectivity index (χ3n) is 6.29. The van der Waals surface area contributed by atoms with Crippen molar-refractivity contribution < 1.29 is 0 Å². The standard InChI is InChI=1S/C32H37NS/c1-24(2)8-4-5-10-26-14-16-27(17-15-26)23-33-32-19-18-31(34-32)30-13-7-12-29(22-30)21-28-11-6-9-25(3)20-28/h6-7,9,11-20,22,24,33H,4-5,8,10,21,23H2,1-3H3. The van der Waals surface area contributed by atoms with Crippen LogP contribution in [-0.2, 0) is 19.4 Å². The first-order valence-corrected chi connectivity index (χ1v) is 13.4. The maximum Gasteiger partial charge on any atom is 0.0891 e. The second-order valence-corrected chi connectivity index (χ2v) is 10.9. The van der Waals surface area contributed by atoms with Gasteiger partial charge in [0, 0.05) is 11.4 Å². The largest absolute Gasteiger partial charge is 0.373 e. The highest BCUT2D eigenvalue weighted by Crippen LogP contribution is 2.32. The quantitative estimate of drug-likeness (QED) is 0.217. The van der Waals surface area contributed by atoms with Crippen molar-refractivity contribution >= 4 is 16.3 Å². The molecule has 0 radical (unpaired) electrons. The second kappa shape index (κ2) is 12.0. The summed E-state index contributed by atoms with van der Waals surface area (Å²) in [7, 11) is 0. The van der Waals surface area contributed by atoms with Crippen molar-refractivity contribution in [1.82, 2.24) is 0 Å². The molecule has 1 N–H and O–H groups in total. The Labute approximate surface area is 209 Å². The molecule has 2 heteroatoms. The molecule has 3 aromatic carbocycles. The molecule has 4 aromatic rings. The van der Waals surface area contributed by atoms with E-state index in [1.807, 2.05) is 11.3 Å². The number of aryl methyl sites for hydroxylation is 2. The summed E-state index contributed by atoms with van der Waals surface area (Å²) in [5.41, 5.74) is 8.13. The maximum absolute atomic E-state index is 3.61. The molecule has 1 nitrogen and oxygen atoms in total. The molecular formula is C32H37NS. The summed E-state index contributed by atoms with van der Waals surface area (Å²) in [6, 6.07) is 31.3. The Morgan fingerprint density at radius 1 is 0.735 bits per heavy atom. The first kappa shape index (κ1) is 24.3. The first-order chi connectivity index (χ1) is 16.5. The number of hydrogen-bond acceptors (Lipinski definition) is 2. The molecule has 1 heterocycles. The number of unbranched alkanes of at least 4 members (excludes halogenated alkanes) is 1. The number of rotatable bonds is 11. The molecule has 0 amide bonds. The smallest absolute Gasteiger partial charge is 0.0891 e. The summed E-state index contributed by atoms with van der Waals surface area (Å²) in [5, 5.41) is 4.83. The Bertz CT molecular complexity index is 1170. The monoisotopic (exact) mass is 467 g/mol. The van der Waals surface area contributed by atoms with Gasteiger partial charge in [0.05, 0.1) is 5.00 Å². The van der Waals surface area contributed by atoms with Crippen molar-refractivity contribution in [2.75, 3.05) is 5.32 Å². The molecule has 0 saturated heterocycles. The van der Waals surface area contributed by atoms with E-state index in [2.05, 4.69) is 111 Å². The van der Waals surface area contributed by atoms with Gasteiger partial charge in [0.2, 0.25) is 0 Å². The minimum Gasteiger partial charge on any atom is -0.373 e. The van der Waals surface area contributed by atoms with Crippen LogP contribution in [0, 0.1) is 12.8 Å². The van der Waals surface area contributed by atoms with Gasteiger partial charge >= 0.3 is 0 Å². The average molecular weight is 468 g/mol. The highest BCUT2D eigenvalue weighted by molar-refractivity contribution is 7.19. The first-order valence-electron chi connectivity index (χ1n) is 12.6. The minimum absolute atomic E-state index is 0.814. The van der Waals surface area contributed by atoms with Gasteiger partial charge in [-0.3, -0.25) is 0 Å². The number of thiophene rings is 1. The lowest BCUT2D eigenvalue weighted by atomic mass is 10.0. The van der Waals surface area contributed by atoms with Crippen molar-refractivity contribution in [3.63, 3.8) is 0 Å². The Morgan fingerprint density at radius 3 is 2.24 bits per heavy atom. The summed E-state index contributed by atoms with van der Waals surface area (Å²) in [5.74, 6) is 0.814. The molecule has 176 valence electrons. The minimum atomic E-state index is 0.814. The van der Waals surface area contributed by atoms with Crippen LogP contribution in [0.4, 0.5) is 5.00 Å². The molecular weight excluding hydrogens is 430 g/mol. The molecule has 0 unspecified atom stereocenters. The lowest BCUT2D eigenvalue weighted by Crippen LogP contribution is -1.97. The average Bonchev–Trinajstić information content (AvgIpc) is 3.31. The molecule has 0 spiro atoms. The van der Waals surface area contributed by atoms with Gasteiger partial charge in [-0.2, -0.15) is 0 Å². The fraction of sp³-hybridized carbons (Fsp3) is 0.312. The third-order valence-corrected chi connectivity index (χ3v) is 7.39. The van der Waals surface area contributed by atoms with Crippen molar-refractivity contribution in [1.29, 1.82) is 0 Å². The van der Waals surface area contributed by atoms with Gasteiger partial charge in [0.1, 0.15) is 0 Å². The molecule has 0 aliphatic heterocycles. The Balaban J connectivity index is 1.31. The van der Waals surface area contributed by atoms with E-state index in [0.717, 1.165) is 18.9 Å². The van der Waals surface area contributed by atoms with Gasteiger partial charge in [0.15, 0.2) is 0 Å². The zero-order chi connectivity index (χ0) is 23.8. The van der Waals surface area contributed by atoms with Gasteiger partial charge in [0.25, 0.3) is 0 Å². The van der Waals surface area contributed by atoms with Crippen LogP contribution >= 0.6 is 11.3 Å². The highest BCUT2D eigenvalue weighted by atomic mass is 32.1. The molecule has 4 rings (SSSR count). The maximum atomic E-state index is 3.61. The van der Waals surface area contributed by atoms with Crippen molar-refractivity contribution in [2.45, 2.75) is 59.4 Å². The van der Waals surface area contributed by atoms with Gasteiger partial charge in [-0.25, -0.2) is 0 Å². The van der Waals surface area contributed by atoms with Crippen LogP contribution in [0.1, 0.15) is 60.9 Å². The van der Waals surface area contributed by atoms with Crippen LogP contribution in [0.15, 0.2) is 84.9 Å². The molecule has 0 atom stereocenters. The summed E-state index contributed by atoms with van der Waals surface area (Å²) < 4.78 is 0. The molecule has 0 aliphatic rings. The van der Waals surface area contributed by atoms with Gasteiger partial charge < -0.3 is 5.32 Å². The van der Waals surface area contributed by atoms with Crippen LogP contribution in [0.3, 0.4) is 0 Å². The van der Waals surface area contributed by atoms with E-state index in [1.54, 1.807) is 0 Å². The van der Waals surface area contributed by atoms with E-state index in [1.165, 1.54) is 68.9 Å². The number of benzene rings is 3. The molecule has 0 fully saturated rings. The second-order valence-electron chi connectivity index (χ2n) is 9.84. The lowest BCUT2D eigenvalue weighted by Gasteiger charge is -2.07.